The number of carboxylic acids is 9. The van der Waals surface area contributed by atoms with E-state index in [1.165, 1.54) is 43.9 Å². The van der Waals surface area contributed by atoms with Crippen molar-refractivity contribution in [2.75, 3.05) is 85.1 Å². The van der Waals surface area contributed by atoms with Gasteiger partial charge in [-0.2, -0.15) is 0 Å². The number of nitrogens with zero attached hydrogens (tertiary/aromatic N) is 4. The average Bonchev–Trinajstić information content (AvgIpc) is 0.748. The van der Waals surface area contributed by atoms with Gasteiger partial charge in [0.15, 0.2) is 0 Å². The average molecular weight is 1470 g/mol. The Morgan fingerprint density at radius 3 is 1.32 bits per heavy atom. The third-order valence-electron chi connectivity index (χ3n) is 17.7. The summed E-state index contributed by atoms with van der Waals surface area (Å²) in [5.74, 6) is -21.2. The summed E-state index contributed by atoms with van der Waals surface area (Å²) in [6.07, 6.45) is -4.80. The molecule has 0 unspecified atom stereocenters. The maximum absolute atomic E-state index is 17.2. The highest BCUT2D eigenvalue weighted by Crippen LogP contribution is 2.51. The van der Waals surface area contributed by atoms with Crippen molar-refractivity contribution in [1.29, 1.82) is 0 Å². The number of Topliss-reactive ketones (excluding diaryl/α,β-unsaturated/α-hetero) is 3. The van der Waals surface area contributed by atoms with Crippen molar-refractivity contribution in [2.45, 2.75) is 185 Å². The predicted octanol–water partition coefficient (Wildman–Crippen LogP) is 2.15. The first-order chi connectivity index (χ1) is 47.5. The highest BCUT2D eigenvalue weighted by Gasteiger charge is 2.56. The molecule has 13 N–H and O–H groups in total. The number of hydrogen-bond donors (Lipinski definition) is 13. The molecule has 0 radical (unpaired) electrons. The number of benzene rings is 1. The van der Waals surface area contributed by atoms with E-state index < -0.39 is 214 Å². The third-order valence-corrected chi connectivity index (χ3v) is 23.0. The topological polar surface area (TPSA) is 516 Å². The normalized spacial score (nSPS) is 15.8. The van der Waals surface area contributed by atoms with Gasteiger partial charge in [-0.15, -0.1) is 0 Å². The second kappa shape index (κ2) is 44.0. The molecule has 572 valence electrons. The maximum atomic E-state index is 17.2. The lowest BCUT2D eigenvalue weighted by atomic mass is 9.90. The van der Waals surface area contributed by atoms with Crippen LogP contribution in [0.25, 0.3) is 0 Å². The van der Waals surface area contributed by atoms with Gasteiger partial charge in [0.25, 0.3) is 14.3 Å². The van der Waals surface area contributed by atoms with Gasteiger partial charge in [0.05, 0.1) is 37.4 Å². The Balaban J connectivity index is 2.15. The molecule has 0 saturated carbocycles. The van der Waals surface area contributed by atoms with Crippen LogP contribution in [-0.2, 0) is 71.9 Å². The Morgan fingerprint density at radius 2 is 0.882 bits per heavy atom. The summed E-state index contributed by atoms with van der Waals surface area (Å²) in [6.45, 7) is 8.94. The quantitative estimate of drug-likeness (QED) is 0.0253. The van der Waals surface area contributed by atoms with Gasteiger partial charge in [0.2, 0.25) is 17.7 Å². The minimum absolute atomic E-state index is 0.0163. The minimum Gasteiger partial charge on any atom is -0.481 e. The van der Waals surface area contributed by atoms with Gasteiger partial charge in [-0.25, -0.2) is 9.59 Å². The van der Waals surface area contributed by atoms with E-state index in [1.807, 2.05) is 41.5 Å². The van der Waals surface area contributed by atoms with Gasteiger partial charge in [-0.1, -0.05) is 60.1 Å². The van der Waals surface area contributed by atoms with Gasteiger partial charge in [-0.05, 0) is 78.8 Å². The molecule has 0 bridgehead atoms. The van der Waals surface area contributed by atoms with Crippen LogP contribution in [0, 0.1) is 17.8 Å². The standard InChI is InChI=1S/C67H103FN8O25Si/c1-66(2,3)102(68,67(4,5)6)49-20-14-42(15-21-49)59(90)70-38-45(37-47(78)18-22-52(65(100)101)76-33-31-74(40-57(86)87)29-27-73(39-56(84)85)28-30-75(32-34-76)41-58(88)89)60(91)72-51(64(98)99)13-9-10-26-69-53(80)24-19-46(77)11-7-8-12-50(63(96)97)71-54(81)23-16-43(61(92)93)35-48(79)36-44(62(94)95)17-25-55(82)83/h14-15,20-21,43-45,50-52H,7-13,16-19,22-41H2,1-6H3,(H,69,80)(H,70,90)(H,71,81)(H,72,91)(H,82,83)(H,84,85)(H,86,87)(H,88,89)(H,92,93)(H,94,95)(H,96,97)(H,98,99)(H,100,101)/t43-,44-,45+,50-,51+,52-/m1/s1. The zero-order chi connectivity index (χ0) is 77.2. The van der Waals surface area contributed by atoms with Crippen LogP contribution in [0.3, 0.4) is 0 Å². The Kier molecular flexibility index (Phi) is 38.5. The number of halogens is 1. The fraction of sp³-hybridized carbons (Fsp3) is 0.672. The van der Waals surface area contributed by atoms with Crippen molar-refractivity contribution in [3.8, 4) is 0 Å². The monoisotopic (exact) mass is 1470 g/mol. The molecule has 1 heterocycles. The molecule has 2 rings (SSSR count). The number of unbranched alkanes of at least 4 members (excludes halogenated alkanes) is 2. The van der Waals surface area contributed by atoms with Gasteiger partial charge in [0.1, 0.15) is 35.5 Å². The first kappa shape index (κ1) is 89.4. The lowest BCUT2D eigenvalue weighted by molar-refractivity contribution is -0.147. The number of carboxylic acid groups (broad SMARTS) is 9. The molecule has 1 aromatic rings. The van der Waals surface area contributed by atoms with Gasteiger partial charge in [-0.3, -0.25) is 86.7 Å². The number of ketones is 3. The van der Waals surface area contributed by atoms with Crippen LogP contribution in [0.2, 0.25) is 10.1 Å². The SMILES string of the molecule is CC(C)(C)[Si](F)(c1ccc(C(=O)NC[C@H](CC(=O)CC[C@H](C(=O)O)N2CCN(CC(=O)O)CCN(CC(=O)O)CCN(CC(=O)O)CC2)C(=O)N[C@@H](CCCCNC(=O)CCC(=O)CCCC[C@@H](NC(=O)CC[C@H](CC(=O)C[C@@H](CCC(=O)O)C(=O)O)C(=O)O)C(=O)O)C(=O)O)cc1)C(C)(C)C. The van der Waals surface area contributed by atoms with Crippen molar-refractivity contribution < 1.29 is 127 Å². The van der Waals surface area contributed by atoms with Crippen LogP contribution in [0.4, 0.5) is 4.11 Å². The zero-order valence-corrected chi connectivity index (χ0v) is 59.9. The van der Waals surface area contributed by atoms with Gasteiger partial charge >= 0.3 is 53.7 Å². The number of nitrogens with one attached hydrogen (secondary N) is 4. The van der Waals surface area contributed by atoms with E-state index in [2.05, 4.69) is 21.3 Å². The van der Waals surface area contributed by atoms with Crippen molar-refractivity contribution >= 4 is 108 Å². The highest BCUT2D eigenvalue weighted by molar-refractivity contribution is 6.90. The molecular weight excluding hydrogens is 1360 g/mol. The van der Waals surface area contributed by atoms with Crippen LogP contribution < -0.4 is 26.5 Å². The van der Waals surface area contributed by atoms with E-state index in [-0.39, 0.29) is 141 Å². The van der Waals surface area contributed by atoms with E-state index in [0.29, 0.717) is 5.19 Å². The number of rotatable bonds is 47. The number of carbonyl (C=O) groups excluding carboxylic acids is 7. The van der Waals surface area contributed by atoms with E-state index in [0.717, 1.165) is 0 Å². The van der Waals surface area contributed by atoms with Crippen LogP contribution in [0.1, 0.15) is 167 Å². The van der Waals surface area contributed by atoms with Crippen molar-refractivity contribution in [3.63, 3.8) is 0 Å². The number of amides is 4. The van der Waals surface area contributed by atoms with Gasteiger partial charge in [0, 0.05) is 129 Å². The molecule has 1 aromatic carbocycles. The van der Waals surface area contributed by atoms with Crippen molar-refractivity contribution in [2.24, 2.45) is 17.8 Å². The molecule has 35 heteroatoms. The molecule has 0 spiro atoms. The number of hydrogen-bond acceptors (Lipinski definition) is 20. The largest absolute Gasteiger partial charge is 0.481 e. The molecule has 1 saturated heterocycles. The molecular formula is C67H103FN8O25Si. The molecule has 102 heavy (non-hydrogen) atoms. The summed E-state index contributed by atoms with van der Waals surface area (Å²) >= 11 is 0. The molecule has 1 fully saturated rings. The summed E-state index contributed by atoms with van der Waals surface area (Å²) < 4.78 is 17.2. The zero-order valence-electron chi connectivity index (χ0n) is 58.9. The van der Waals surface area contributed by atoms with Crippen molar-refractivity contribution in [3.05, 3.63) is 29.8 Å². The maximum Gasteiger partial charge on any atom is 0.326 e. The van der Waals surface area contributed by atoms with Crippen LogP contribution in [0.15, 0.2) is 24.3 Å². The fourth-order valence-electron chi connectivity index (χ4n) is 12.2. The third kappa shape index (κ3) is 33.4. The summed E-state index contributed by atoms with van der Waals surface area (Å²) in [7, 11) is -3.76. The summed E-state index contributed by atoms with van der Waals surface area (Å²) in [5.41, 5.74) is 0.0713. The van der Waals surface area contributed by atoms with Gasteiger partial charge < -0.3 is 71.3 Å². The molecule has 1 aliphatic heterocycles. The number of carbonyl (C=O) groups is 16. The number of aliphatic carboxylic acids is 9. The first-order valence-electron chi connectivity index (χ1n) is 34.0. The van der Waals surface area contributed by atoms with E-state index in [1.54, 1.807) is 0 Å². The lowest BCUT2D eigenvalue weighted by Crippen LogP contribution is -2.57. The smallest absolute Gasteiger partial charge is 0.326 e. The Hall–Kier alpha value is -8.67. The molecule has 0 aliphatic carbocycles. The van der Waals surface area contributed by atoms with E-state index >= 15 is 4.11 Å². The molecule has 1 aliphatic rings. The minimum atomic E-state index is -3.76. The second-order valence-corrected chi connectivity index (χ2v) is 32.7. The fourth-order valence-corrected chi connectivity index (χ4v) is 16.8. The first-order valence-corrected chi connectivity index (χ1v) is 35.8. The second-order valence-electron chi connectivity index (χ2n) is 27.8. The highest BCUT2D eigenvalue weighted by atomic mass is 28.4. The van der Waals surface area contributed by atoms with Crippen LogP contribution >= 0.6 is 0 Å². The van der Waals surface area contributed by atoms with E-state index in [4.69, 9.17) is 5.11 Å². The Bertz CT molecular complexity index is 3040. The van der Waals surface area contributed by atoms with Crippen LogP contribution in [-0.4, -0.2) is 272 Å². The van der Waals surface area contributed by atoms with Crippen LogP contribution in [0.5, 0.6) is 0 Å². The lowest BCUT2D eigenvalue weighted by Gasteiger charge is -2.44. The Labute approximate surface area is 591 Å². The molecule has 0 aromatic heterocycles. The molecule has 4 amide bonds. The summed E-state index contributed by atoms with van der Waals surface area (Å²) in [4.78, 5) is 206. The summed E-state index contributed by atoms with van der Waals surface area (Å²) in [5, 5.41) is 96.1. The van der Waals surface area contributed by atoms with E-state index in [9.17, 15) is 118 Å². The molecule has 6 atom stereocenters. The molecule has 33 nitrogen and oxygen atoms in total. The Morgan fingerprint density at radius 1 is 0.431 bits per heavy atom. The predicted molar refractivity (Wildman–Crippen MR) is 364 cm³/mol. The summed E-state index contributed by atoms with van der Waals surface area (Å²) in [6, 6.07) is 1.51. The van der Waals surface area contributed by atoms with Crippen molar-refractivity contribution in [1.82, 2.24) is 40.9 Å².